The highest BCUT2D eigenvalue weighted by molar-refractivity contribution is 7.84. The minimum Gasteiger partial charge on any atom is -0.333 e. The van der Waals surface area contributed by atoms with Crippen LogP contribution in [0.25, 0.3) is 5.57 Å². The molecule has 2 aromatic carbocycles. The minimum absolute atomic E-state index is 0.840. The zero-order valence-electron chi connectivity index (χ0n) is 18.7. The Kier molecular flexibility index (Phi) is 14.2. The minimum atomic E-state index is 0.840. The molecule has 0 saturated carbocycles. The largest absolute Gasteiger partial charge is 0.333 e. The van der Waals surface area contributed by atoms with Gasteiger partial charge in [-0.1, -0.05) is 81.5 Å². The fourth-order valence-electron chi connectivity index (χ4n) is 3.01. The molecule has 2 N–H and O–H groups in total. The van der Waals surface area contributed by atoms with Crippen LogP contribution in [0.5, 0.6) is 0 Å². The smallest absolute Gasteiger partial charge is 0.00285 e. The molecule has 0 radical (unpaired) electrons. The van der Waals surface area contributed by atoms with Crippen LogP contribution in [-0.2, 0) is 19.3 Å². The summed E-state index contributed by atoms with van der Waals surface area (Å²) in [6.45, 7) is 14.6. The van der Waals surface area contributed by atoms with Crippen molar-refractivity contribution in [1.82, 2.24) is 0 Å². The first-order chi connectivity index (χ1) is 13.4. The Balaban J connectivity index is 0.000000497. The highest BCUT2D eigenvalue weighted by atomic mass is 32.1. The first kappa shape index (κ1) is 26.2. The van der Waals surface area contributed by atoms with Crippen molar-refractivity contribution in [3.05, 3.63) is 87.8 Å². The van der Waals surface area contributed by atoms with Crippen LogP contribution in [-0.4, -0.2) is 7.05 Å². The fourth-order valence-corrected chi connectivity index (χ4v) is 3.18. The Bertz CT molecular complexity index is 744. The zero-order valence-corrected chi connectivity index (χ0v) is 19.6. The second kappa shape index (κ2) is 15.2. The van der Waals surface area contributed by atoms with Gasteiger partial charge in [-0.05, 0) is 72.9 Å². The average Bonchev–Trinajstić information content (AvgIpc) is 2.73. The van der Waals surface area contributed by atoms with E-state index in [1.54, 1.807) is 0 Å². The number of thiol groups is 1. The second-order valence-electron chi connectivity index (χ2n) is 6.59. The molecule has 0 heterocycles. The van der Waals surface area contributed by atoms with Crippen molar-refractivity contribution in [1.29, 1.82) is 0 Å². The van der Waals surface area contributed by atoms with Gasteiger partial charge in [0.15, 0.2) is 0 Å². The van der Waals surface area contributed by atoms with Crippen LogP contribution < -0.4 is 5.73 Å². The van der Waals surface area contributed by atoms with E-state index in [0.717, 1.165) is 30.6 Å². The molecular weight excluding hydrogens is 358 g/mol. The maximum absolute atomic E-state index is 4.50. The van der Waals surface area contributed by atoms with Crippen molar-refractivity contribution in [3.63, 3.8) is 0 Å². The van der Waals surface area contributed by atoms with Gasteiger partial charge in [-0.2, -0.15) is 0 Å². The lowest BCUT2D eigenvalue weighted by molar-refractivity contribution is 1.03. The first-order valence-electron chi connectivity index (χ1n) is 10.2. The van der Waals surface area contributed by atoms with Crippen LogP contribution in [0.2, 0.25) is 0 Å². The van der Waals surface area contributed by atoms with Gasteiger partial charge < -0.3 is 5.73 Å². The van der Waals surface area contributed by atoms with Crippen LogP contribution in [0, 0.1) is 6.92 Å². The maximum atomic E-state index is 4.50. The third-order valence-corrected chi connectivity index (χ3v) is 4.73. The monoisotopic (exact) mass is 397 g/mol. The molecule has 1 nitrogen and oxygen atoms in total. The lowest BCUT2D eigenvalue weighted by Gasteiger charge is -2.08. The van der Waals surface area contributed by atoms with E-state index in [0.29, 0.717) is 0 Å². The van der Waals surface area contributed by atoms with E-state index >= 15 is 0 Å². The van der Waals surface area contributed by atoms with E-state index in [2.05, 4.69) is 108 Å². The van der Waals surface area contributed by atoms with Gasteiger partial charge in [-0.3, -0.25) is 0 Å². The number of rotatable bonds is 6. The van der Waals surface area contributed by atoms with Crippen molar-refractivity contribution in [2.75, 3.05) is 7.05 Å². The molecule has 0 atom stereocenters. The molecule has 2 heteroatoms. The predicted octanol–water partition coefficient (Wildman–Crippen LogP) is 7.18. The van der Waals surface area contributed by atoms with Crippen molar-refractivity contribution in [2.45, 2.75) is 60.3 Å². The summed E-state index contributed by atoms with van der Waals surface area (Å²) >= 11 is 4.26. The quantitative estimate of drug-likeness (QED) is 0.496. The van der Waals surface area contributed by atoms with Gasteiger partial charge in [0.2, 0.25) is 0 Å². The number of nitrogens with two attached hydrogens (primary N) is 1. The number of hydrogen-bond donors (Lipinski definition) is 2. The third kappa shape index (κ3) is 9.43. The zero-order chi connectivity index (χ0) is 21.5. The van der Waals surface area contributed by atoms with E-state index in [4.69, 9.17) is 0 Å². The Hall–Kier alpha value is -1.77. The summed E-state index contributed by atoms with van der Waals surface area (Å²) in [4.78, 5) is 0.907. The maximum Gasteiger partial charge on any atom is 0.00285 e. The molecule has 0 spiro atoms. The molecule has 0 amide bonds. The van der Waals surface area contributed by atoms with Gasteiger partial charge >= 0.3 is 0 Å². The summed E-state index contributed by atoms with van der Waals surface area (Å²) < 4.78 is 0. The number of aryl methyl sites for hydroxylation is 4. The average molecular weight is 398 g/mol. The standard InChI is InChI=1S/C14H18S.C11H16.CH5N/c1-4-12-7-6-8-14(10-12)13(5-2)9-11(3)15;1-4-10-7-6-9(3)8-11(10)5-2;1-2/h5-8,10,15H,3-4,9H2,1-2H3;6-8H,4-5H2,1-3H3;2H2,1H3/b13-5+;;. The SMILES string of the molecule is C=C(S)C/C(=C\C)c1cccc(CC)c1.CCc1ccc(C)cc1CC.CN. The summed E-state index contributed by atoms with van der Waals surface area (Å²) in [6.07, 6.45) is 6.36. The molecule has 0 unspecified atom stereocenters. The lowest BCUT2D eigenvalue weighted by atomic mass is 9.99. The predicted molar refractivity (Wildman–Crippen MR) is 132 cm³/mol. The summed E-state index contributed by atoms with van der Waals surface area (Å²) in [5.41, 5.74) is 12.8. The Labute approximate surface area is 179 Å². The fraction of sp³-hybridized carbons (Fsp3) is 0.385. The highest BCUT2D eigenvalue weighted by Gasteiger charge is 2.02. The van der Waals surface area contributed by atoms with Gasteiger partial charge in [0.1, 0.15) is 0 Å². The van der Waals surface area contributed by atoms with E-state index in [1.807, 2.05) is 0 Å². The van der Waals surface area contributed by atoms with E-state index in [9.17, 15) is 0 Å². The molecule has 2 rings (SSSR count). The number of benzene rings is 2. The normalized spacial score (nSPS) is 10.4. The molecule has 154 valence electrons. The molecule has 0 aromatic heterocycles. The molecule has 0 saturated heterocycles. The molecule has 0 aliphatic heterocycles. The number of hydrogen-bond acceptors (Lipinski definition) is 2. The molecule has 28 heavy (non-hydrogen) atoms. The Morgan fingerprint density at radius 2 is 1.61 bits per heavy atom. The topological polar surface area (TPSA) is 26.0 Å². The second-order valence-corrected chi connectivity index (χ2v) is 7.22. The first-order valence-corrected chi connectivity index (χ1v) is 10.7. The summed E-state index contributed by atoms with van der Waals surface area (Å²) in [7, 11) is 1.50. The lowest BCUT2D eigenvalue weighted by Crippen LogP contribution is -1.90. The van der Waals surface area contributed by atoms with Crippen molar-refractivity contribution >= 4 is 18.2 Å². The summed E-state index contributed by atoms with van der Waals surface area (Å²) in [5, 5.41) is 0. The Morgan fingerprint density at radius 1 is 0.964 bits per heavy atom. The van der Waals surface area contributed by atoms with Crippen molar-refractivity contribution in [2.24, 2.45) is 5.73 Å². The van der Waals surface area contributed by atoms with Gasteiger partial charge in [0.05, 0.1) is 0 Å². The van der Waals surface area contributed by atoms with Crippen molar-refractivity contribution < 1.29 is 0 Å². The van der Waals surface area contributed by atoms with Crippen LogP contribution in [0.4, 0.5) is 0 Å². The van der Waals surface area contributed by atoms with Crippen LogP contribution >= 0.6 is 12.6 Å². The molecular formula is C26H39NS. The van der Waals surface area contributed by atoms with Gasteiger partial charge in [-0.25, -0.2) is 0 Å². The van der Waals surface area contributed by atoms with E-state index in [1.165, 1.54) is 40.4 Å². The molecule has 0 fully saturated rings. The van der Waals surface area contributed by atoms with E-state index < -0.39 is 0 Å². The third-order valence-electron chi connectivity index (χ3n) is 4.57. The highest BCUT2D eigenvalue weighted by Crippen LogP contribution is 2.24. The molecule has 2 aromatic rings. The van der Waals surface area contributed by atoms with Crippen LogP contribution in [0.1, 0.15) is 61.9 Å². The molecule has 0 bridgehead atoms. The summed E-state index contributed by atoms with van der Waals surface area (Å²) in [5.74, 6) is 0. The molecule has 0 aliphatic rings. The van der Waals surface area contributed by atoms with E-state index in [-0.39, 0.29) is 0 Å². The Morgan fingerprint density at radius 3 is 2.11 bits per heavy atom. The van der Waals surface area contributed by atoms with Gasteiger partial charge in [-0.15, -0.1) is 12.6 Å². The van der Waals surface area contributed by atoms with Crippen LogP contribution in [0.3, 0.4) is 0 Å². The van der Waals surface area contributed by atoms with Gasteiger partial charge in [0, 0.05) is 6.42 Å². The van der Waals surface area contributed by atoms with Gasteiger partial charge in [0.25, 0.3) is 0 Å². The van der Waals surface area contributed by atoms with Crippen molar-refractivity contribution in [3.8, 4) is 0 Å². The van der Waals surface area contributed by atoms with Crippen LogP contribution in [0.15, 0.2) is 60.0 Å². The number of allylic oxidation sites excluding steroid dienone is 3. The molecule has 0 aliphatic carbocycles. The summed E-state index contributed by atoms with van der Waals surface area (Å²) in [6, 6.07) is 15.4.